The largest absolute Gasteiger partial charge is 0.449 e. The van der Waals surface area contributed by atoms with Crippen LogP contribution in [0.4, 0.5) is 4.79 Å². The summed E-state index contributed by atoms with van der Waals surface area (Å²) in [6.45, 7) is 9.08. The molecule has 4 nitrogen and oxygen atoms in total. The molecule has 1 atom stereocenters. The molecule has 0 unspecified atom stereocenters. The third kappa shape index (κ3) is 3.18. The molecule has 1 rings (SSSR count). The quantitative estimate of drug-likeness (QED) is 0.725. The Morgan fingerprint density at radius 2 is 2.36 bits per heavy atom. The lowest BCUT2D eigenvalue weighted by molar-refractivity contribution is 0.0729. The van der Waals surface area contributed by atoms with Crippen molar-refractivity contribution in [1.29, 1.82) is 0 Å². The Morgan fingerprint density at radius 1 is 1.64 bits per heavy atom. The lowest BCUT2D eigenvalue weighted by Crippen LogP contribution is -2.52. The Bertz CT molecular complexity index is 195. The van der Waals surface area contributed by atoms with Crippen molar-refractivity contribution in [3.8, 4) is 0 Å². The first-order valence-corrected chi connectivity index (χ1v) is 5.25. The first-order valence-electron chi connectivity index (χ1n) is 5.25. The molecule has 0 radical (unpaired) electrons. The van der Waals surface area contributed by atoms with Crippen molar-refractivity contribution in [3.05, 3.63) is 0 Å². The standard InChI is InChI=1S/C10H20N2O2/c1-8(2)7-14-10(13)12-5-4-11-6-9(12)3/h8-9,11H,4-7H2,1-3H3/t9-/m1/s1. The molecule has 0 aromatic carbocycles. The Hall–Kier alpha value is -0.770. The number of carbonyl (C=O) groups excluding carboxylic acids is 1. The molecule has 0 bridgehead atoms. The van der Waals surface area contributed by atoms with E-state index < -0.39 is 0 Å². The van der Waals surface area contributed by atoms with Crippen molar-refractivity contribution in [2.45, 2.75) is 26.8 Å². The highest BCUT2D eigenvalue weighted by Gasteiger charge is 2.23. The van der Waals surface area contributed by atoms with E-state index in [-0.39, 0.29) is 12.1 Å². The topological polar surface area (TPSA) is 41.6 Å². The molecule has 1 aliphatic rings. The minimum absolute atomic E-state index is 0.173. The molecular weight excluding hydrogens is 180 g/mol. The number of hydrogen-bond acceptors (Lipinski definition) is 3. The smallest absolute Gasteiger partial charge is 0.410 e. The van der Waals surface area contributed by atoms with Crippen LogP contribution < -0.4 is 5.32 Å². The van der Waals surface area contributed by atoms with Gasteiger partial charge >= 0.3 is 6.09 Å². The molecule has 0 aromatic rings. The molecule has 1 amide bonds. The minimum atomic E-state index is -0.173. The zero-order chi connectivity index (χ0) is 10.6. The van der Waals surface area contributed by atoms with Crippen LogP contribution in [0.5, 0.6) is 0 Å². The highest BCUT2D eigenvalue weighted by Crippen LogP contribution is 2.05. The highest BCUT2D eigenvalue weighted by atomic mass is 16.6. The minimum Gasteiger partial charge on any atom is -0.449 e. The van der Waals surface area contributed by atoms with E-state index in [2.05, 4.69) is 5.32 Å². The van der Waals surface area contributed by atoms with Gasteiger partial charge in [-0.25, -0.2) is 4.79 Å². The Morgan fingerprint density at radius 3 is 2.93 bits per heavy atom. The summed E-state index contributed by atoms with van der Waals surface area (Å²) in [6, 6.07) is 0.239. The lowest BCUT2D eigenvalue weighted by atomic mass is 10.2. The van der Waals surface area contributed by atoms with E-state index in [1.165, 1.54) is 0 Å². The number of rotatable bonds is 2. The SMILES string of the molecule is CC(C)COC(=O)N1CCNC[C@H]1C. The van der Waals surface area contributed by atoms with E-state index in [1.54, 1.807) is 4.90 Å². The van der Waals surface area contributed by atoms with Gasteiger partial charge in [-0.2, -0.15) is 0 Å². The van der Waals surface area contributed by atoms with Crippen LogP contribution in [0.15, 0.2) is 0 Å². The van der Waals surface area contributed by atoms with E-state index in [0.29, 0.717) is 12.5 Å². The van der Waals surface area contributed by atoms with Crippen molar-refractivity contribution >= 4 is 6.09 Å². The van der Waals surface area contributed by atoms with Crippen LogP contribution in [0.25, 0.3) is 0 Å². The first-order chi connectivity index (χ1) is 6.61. The molecule has 1 aliphatic heterocycles. The molecule has 0 aromatic heterocycles. The van der Waals surface area contributed by atoms with Gasteiger partial charge in [0.25, 0.3) is 0 Å². The second kappa shape index (κ2) is 5.20. The summed E-state index contributed by atoms with van der Waals surface area (Å²) in [5.74, 6) is 0.400. The Balaban J connectivity index is 2.34. The van der Waals surface area contributed by atoms with Crippen molar-refractivity contribution in [2.24, 2.45) is 5.92 Å². The number of nitrogens with one attached hydrogen (secondary N) is 1. The van der Waals surface area contributed by atoms with Crippen LogP contribution in [0.1, 0.15) is 20.8 Å². The van der Waals surface area contributed by atoms with Crippen LogP contribution in [-0.4, -0.2) is 43.3 Å². The van der Waals surface area contributed by atoms with Gasteiger partial charge in [0.1, 0.15) is 0 Å². The molecule has 0 spiro atoms. The number of ether oxygens (including phenoxy) is 1. The maximum Gasteiger partial charge on any atom is 0.410 e. The van der Waals surface area contributed by atoms with Gasteiger partial charge in [-0.05, 0) is 12.8 Å². The summed E-state index contributed by atoms with van der Waals surface area (Å²) in [6.07, 6.45) is -0.173. The molecule has 82 valence electrons. The summed E-state index contributed by atoms with van der Waals surface area (Å²) >= 11 is 0. The predicted octanol–water partition coefficient (Wildman–Crippen LogP) is 1.07. The average molecular weight is 200 g/mol. The number of piperazine rings is 1. The average Bonchev–Trinajstić information content (AvgIpc) is 2.15. The van der Waals surface area contributed by atoms with E-state index in [1.807, 2.05) is 20.8 Å². The van der Waals surface area contributed by atoms with E-state index in [9.17, 15) is 4.79 Å². The van der Waals surface area contributed by atoms with E-state index >= 15 is 0 Å². The zero-order valence-electron chi connectivity index (χ0n) is 9.25. The third-order valence-electron chi connectivity index (χ3n) is 2.28. The summed E-state index contributed by atoms with van der Waals surface area (Å²) in [5.41, 5.74) is 0. The maximum atomic E-state index is 11.6. The first kappa shape index (κ1) is 11.3. The third-order valence-corrected chi connectivity index (χ3v) is 2.28. The van der Waals surface area contributed by atoms with E-state index in [0.717, 1.165) is 19.6 Å². The van der Waals surface area contributed by atoms with Crippen LogP contribution in [0.3, 0.4) is 0 Å². The van der Waals surface area contributed by atoms with Gasteiger partial charge in [0.15, 0.2) is 0 Å². The number of carbonyl (C=O) groups is 1. The molecule has 4 heteroatoms. The fourth-order valence-electron chi connectivity index (χ4n) is 1.43. The predicted molar refractivity (Wildman–Crippen MR) is 55.2 cm³/mol. The van der Waals surface area contributed by atoms with Gasteiger partial charge in [0.2, 0.25) is 0 Å². The number of nitrogens with zero attached hydrogens (tertiary/aromatic N) is 1. The molecular formula is C10H20N2O2. The lowest BCUT2D eigenvalue weighted by Gasteiger charge is -2.33. The van der Waals surface area contributed by atoms with Crippen molar-refractivity contribution in [1.82, 2.24) is 10.2 Å². The van der Waals surface area contributed by atoms with Crippen LogP contribution >= 0.6 is 0 Å². The fraction of sp³-hybridized carbons (Fsp3) is 0.900. The summed E-state index contributed by atoms with van der Waals surface area (Å²) in [7, 11) is 0. The molecule has 1 saturated heterocycles. The maximum absolute atomic E-state index is 11.6. The van der Waals surface area contributed by atoms with Crippen LogP contribution in [0, 0.1) is 5.92 Å². The number of hydrogen-bond donors (Lipinski definition) is 1. The second-order valence-electron chi connectivity index (χ2n) is 4.22. The van der Waals surface area contributed by atoms with Crippen molar-refractivity contribution in [2.75, 3.05) is 26.2 Å². The van der Waals surface area contributed by atoms with Crippen molar-refractivity contribution < 1.29 is 9.53 Å². The molecule has 1 heterocycles. The Kier molecular flexibility index (Phi) is 4.20. The van der Waals surface area contributed by atoms with Crippen LogP contribution in [-0.2, 0) is 4.74 Å². The summed E-state index contributed by atoms with van der Waals surface area (Å²) in [5, 5.41) is 3.23. The van der Waals surface area contributed by atoms with Gasteiger partial charge in [-0.1, -0.05) is 13.8 Å². The van der Waals surface area contributed by atoms with E-state index in [4.69, 9.17) is 4.74 Å². The molecule has 14 heavy (non-hydrogen) atoms. The number of amides is 1. The summed E-state index contributed by atoms with van der Waals surface area (Å²) < 4.78 is 5.17. The van der Waals surface area contributed by atoms with Gasteiger partial charge in [0.05, 0.1) is 6.61 Å². The summed E-state index contributed by atoms with van der Waals surface area (Å²) in [4.78, 5) is 13.4. The normalized spacial score (nSPS) is 22.6. The van der Waals surface area contributed by atoms with Crippen LogP contribution in [0.2, 0.25) is 0 Å². The zero-order valence-corrected chi connectivity index (χ0v) is 9.25. The molecule has 1 N–H and O–H groups in total. The van der Waals surface area contributed by atoms with Gasteiger partial charge in [-0.15, -0.1) is 0 Å². The van der Waals surface area contributed by atoms with Crippen molar-refractivity contribution in [3.63, 3.8) is 0 Å². The Labute approximate surface area is 85.6 Å². The highest BCUT2D eigenvalue weighted by molar-refractivity contribution is 5.68. The molecule has 0 saturated carbocycles. The van der Waals surface area contributed by atoms with Gasteiger partial charge in [-0.3, -0.25) is 0 Å². The monoisotopic (exact) mass is 200 g/mol. The second-order valence-corrected chi connectivity index (χ2v) is 4.22. The molecule has 0 aliphatic carbocycles. The molecule has 1 fully saturated rings. The van der Waals surface area contributed by atoms with Gasteiger partial charge < -0.3 is 15.0 Å². The van der Waals surface area contributed by atoms with Gasteiger partial charge in [0, 0.05) is 25.7 Å². The fourth-order valence-corrected chi connectivity index (χ4v) is 1.43.